The summed E-state index contributed by atoms with van der Waals surface area (Å²) in [6.07, 6.45) is 0.457. The smallest absolute Gasteiger partial charge is 0.307 e. The summed E-state index contributed by atoms with van der Waals surface area (Å²) in [5.41, 5.74) is 0.975. The second-order valence-corrected chi connectivity index (χ2v) is 5.04. The van der Waals surface area contributed by atoms with Gasteiger partial charge in [-0.15, -0.1) is 0 Å². The fraction of sp³-hybridized carbons (Fsp3) is 0.385. The molecule has 0 bridgehead atoms. The largest absolute Gasteiger partial charge is 0.481 e. The lowest BCUT2D eigenvalue weighted by atomic mass is 10.2. The molecule has 2 rings (SSSR count). The molecule has 1 N–H and O–H groups in total. The molecule has 0 aromatic heterocycles. The molecule has 0 aliphatic heterocycles. The molecule has 1 saturated carbocycles. The third-order valence-electron chi connectivity index (χ3n) is 3.13. The minimum absolute atomic E-state index is 0.0997. The number of hydrogen-bond donors (Lipinski definition) is 1. The van der Waals surface area contributed by atoms with Gasteiger partial charge in [0.25, 0.3) is 0 Å². The van der Waals surface area contributed by atoms with E-state index in [4.69, 9.17) is 16.7 Å². The minimum atomic E-state index is -0.881. The number of amides is 1. The van der Waals surface area contributed by atoms with Crippen molar-refractivity contribution in [3.05, 3.63) is 34.9 Å². The van der Waals surface area contributed by atoms with Crippen LogP contribution in [0, 0.1) is 11.8 Å². The Labute approximate surface area is 110 Å². The van der Waals surface area contributed by atoms with Crippen LogP contribution in [0.25, 0.3) is 0 Å². The van der Waals surface area contributed by atoms with Gasteiger partial charge >= 0.3 is 5.97 Å². The van der Waals surface area contributed by atoms with E-state index in [-0.39, 0.29) is 11.8 Å². The molecule has 1 aromatic carbocycles. The van der Waals surface area contributed by atoms with E-state index in [1.807, 2.05) is 12.1 Å². The predicted molar refractivity (Wildman–Crippen MR) is 67.2 cm³/mol. The molecular formula is C13H14ClNO3. The van der Waals surface area contributed by atoms with Crippen molar-refractivity contribution in [2.45, 2.75) is 13.0 Å². The number of carbonyl (C=O) groups excluding carboxylic acids is 1. The van der Waals surface area contributed by atoms with E-state index in [0.717, 1.165) is 5.56 Å². The number of carboxylic acid groups (broad SMARTS) is 1. The van der Waals surface area contributed by atoms with Crippen LogP contribution in [0.4, 0.5) is 0 Å². The molecule has 2 atom stereocenters. The fourth-order valence-electron chi connectivity index (χ4n) is 1.97. The summed E-state index contributed by atoms with van der Waals surface area (Å²) >= 11 is 5.78. The van der Waals surface area contributed by atoms with Crippen LogP contribution in [0.3, 0.4) is 0 Å². The van der Waals surface area contributed by atoms with Crippen LogP contribution in [0.15, 0.2) is 24.3 Å². The standard InChI is InChI=1S/C13H14ClNO3/c1-15(7-8-2-4-9(14)5-3-8)12(16)10-6-11(10)13(17)18/h2-5,10-11H,6-7H2,1H3,(H,17,18). The van der Waals surface area contributed by atoms with Crippen molar-refractivity contribution in [2.75, 3.05) is 7.05 Å². The Hall–Kier alpha value is -1.55. The van der Waals surface area contributed by atoms with Crippen LogP contribution in [-0.4, -0.2) is 28.9 Å². The molecule has 1 amide bonds. The molecule has 96 valence electrons. The van der Waals surface area contributed by atoms with E-state index in [9.17, 15) is 9.59 Å². The molecule has 0 heterocycles. The Bertz CT molecular complexity index is 472. The van der Waals surface area contributed by atoms with Gasteiger partial charge in [0.15, 0.2) is 0 Å². The highest BCUT2D eigenvalue weighted by molar-refractivity contribution is 6.30. The Morgan fingerprint density at radius 1 is 1.33 bits per heavy atom. The topological polar surface area (TPSA) is 57.6 Å². The van der Waals surface area contributed by atoms with Gasteiger partial charge in [-0.25, -0.2) is 0 Å². The number of hydrogen-bond acceptors (Lipinski definition) is 2. The molecule has 1 aromatic rings. The number of nitrogens with zero attached hydrogens (tertiary/aromatic N) is 1. The summed E-state index contributed by atoms with van der Waals surface area (Å²) < 4.78 is 0. The van der Waals surface area contributed by atoms with Crippen molar-refractivity contribution in [1.29, 1.82) is 0 Å². The van der Waals surface area contributed by atoms with Crippen molar-refractivity contribution in [1.82, 2.24) is 4.90 Å². The third-order valence-corrected chi connectivity index (χ3v) is 3.39. The maximum absolute atomic E-state index is 11.9. The molecule has 1 aliphatic carbocycles. The van der Waals surface area contributed by atoms with Crippen LogP contribution in [0.5, 0.6) is 0 Å². The van der Waals surface area contributed by atoms with E-state index in [1.54, 1.807) is 24.1 Å². The summed E-state index contributed by atoms with van der Waals surface area (Å²) in [4.78, 5) is 24.2. The number of benzene rings is 1. The molecule has 1 aliphatic rings. The number of halogens is 1. The van der Waals surface area contributed by atoms with Gasteiger partial charge in [-0.2, -0.15) is 0 Å². The van der Waals surface area contributed by atoms with Gasteiger partial charge in [0.1, 0.15) is 0 Å². The summed E-state index contributed by atoms with van der Waals surface area (Å²) in [6, 6.07) is 7.25. The Morgan fingerprint density at radius 3 is 2.44 bits per heavy atom. The molecule has 0 spiro atoms. The van der Waals surface area contributed by atoms with Gasteiger partial charge in [-0.05, 0) is 24.1 Å². The van der Waals surface area contributed by atoms with Crippen LogP contribution < -0.4 is 0 Å². The van der Waals surface area contributed by atoms with Crippen molar-refractivity contribution < 1.29 is 14.7 Å². The second kappa shape index (κ2) is 4.98. The minimum Gasteiger partial charge on any atom is -0.481 e. The Balaban J connectivity index is 1.92. The molecule has 1 fully saturated rings. The Morgan fingerprint density at radius 2 is 1.94 bits per heavy atom. The molecule has 4 nitrogen and oxygen atoms in total. The van der Waals surface area contributed by atoms with Gasteiger partial charge in [-0.1, -0.05) is 23.7 Å². The third kappa shape index (κ3) is 2.82. The van der Waals surface area contributed by atoms with E-state index in [0.29, 0.717) is 18.0 Å². The SMILES string of the molecule is CN(Cc1ccc(Cl)cc1)C(=O)C1CC1C(=O)O. The molecule has 18 heavy (non-hydrogen) atoms. The van der Waals surface area contributed by atoms with E-state index in [1.165, 1.54) is 0 Å². The molecule has 0 saturated heterocycles. The maximum atomic E-state index is 11.9. The van der Waals surface area contributed by atoms with Crippen LogP contribution in [0.1, 0.15) is 12.0 Å². The number of carbonyl (C=O) groups is 2. The van der Waals surface area contributed by atoms with Gasteiger partial charge in [0.2, 0.25) is 5.91 Å². The molecule has 5 heteroatoms. The van der Waals surface area contributed by atoms with Crippen molar-refractivity contribution >= 4 is 23.5 Å². The zero-order valence-corrected chi connectivity index (χ0v) is 10.7. The highest BCUT2D eigenvalue weighted by atomic mass is 35.5. The monoisotopic (exact) mass is 267 g/mol. The van der Waals surface area contributed by atoms with Crippen molar-refractivity contribution in [3.63, 3.8) is 0 Å². The zero-order valence-electron chi connectivity index (χ0n) is 9.97. The van der Waals surface area contributed by atoms with E-state index in [2.05, 4.69) is 0 Å². The first-order valence-electron chi connectivity index (χ1n) is 5.71. The molecule has 0 radical (unpaired) electrons. The summed E-state index contributed by atoms with van der Waals surface area (Å²) in [7, 11) is 1.69. The van der Waals surface area contributed by atoms with Gasteiger partial charge < -0.3 is 10.0 Å². The highest BCUT2D eigenvalue weighted by Gasteiger charge is 2.49. The first-order chi connectivity index (χ1) is 8.49. The summed E-state index contributed by atoms with van der Waals surface area (Å²) in [6.45, 7) is 0.471. The first-order valence-corrected chi connectivity index (χ1v) is 6.09. The average Bonchev–Trinajstić information content (AvgIpc) is 3.11. The lowest BCUT2D eigenvalue weighted by molar-refractivity contribution is -0.141. The van der Waals surface area contributed by atoms with Gasteiger partial charge in [0, 0.05) is 18.6 Å². The van der Waals surface area contributed by atoms with Gasteiger partial charge in [-0.3, -0.25) is 9.59 Å². The first kappa shape index (κ1) is 12.9. The zero-order chi connectivity index (χ0) is 13.3. The van der Waals surface area contributed by atoms with E-state index >= 15 is 0 Å². The normalized spacial score (nSPS) is 21.4. The van der Waals surface area contributed by atoms with Crippen molar-refractivity contribution in [2.24, 2.45) is 11.8 Å². The fourth-order valence-corrected chi connectivity index (χ4v) is 2.09. The number of aliphatic carboxylic acids is 1. The number of carboxylic acids is 1. The number of rotatable bonds is 4. The molecule has 2 unspecified atom stereocenters. The molecular weight excluding hydrogens is 254 g/mol. The lowest BCUT2D eigenvalue weighted by Crippen LogP contribution is -2.28. The van der Waals surface area contributed by atoms with Crippen LogP contribution >= 0.6 is 11.6 Å². The van der Waals surface area contributed by atoms with Crippen molar-refractivity contribution in [3.8, 4) is 0 Å². The second-order valence-electron chi connectivity index (χ2n) is 4.61. The lowest BCUT2D eigenvalue weighted by Gasteiger charge is -2.17. The summed E-state index contributed by atoms with van der Waals surface area (Å²) in [5.74, 6) is -1.82. The van der Waals surface area contributed by atoms with Gasteiger partial charge in [0.05, 0.1) is 11.8 Å². The quantitative estimate of drug-likeness (QED) is 0.908. The van der Waals surface area contributed by atoms with Crippen LogP contribution in [0.2, 0.25) is 5.02 Å². The highest BCUT2D eigenvalue weighted by Crippen LogP contribution is 2.40. The van der Waals surface area contributed by atoms with E-state index < -0.39 is 11.9 Å². The van der Waals surface area contributed by atoms with Crippen LogP contribution in [-0.2, 0) is 16.1 Å². The Kier molecular flexibility index (Phi) is 3.57. The predicted octanol–water partition coefficient (Wildman–Crippen LogP) is 2.02. The summed E-state index contributed by atoms with van der Waals surface area (Å²) in [5, 5.41) is 9.44. The average molecular weight is 268 g/mol. The maximum Gasteiger partial charge on any atom is 0.307 e.